The highest BCUT2D eigenvalue weighted by Crippen LogP contribution is 1.92. The summed E-state index contributed by atoms with van der Waals surface area (Å²) in [6.07, 6.45) is 3.43. The van der Waals surface area contributed by atoms with Crippen molar-refractivity contribution in [1.82, 2.24) is 20.7 Å². The highest BCUT2D eigenvalue weighted by atomic mass is 15.3. The van der Waals surface area contributed by atoms with Crippen LogP contribution in [0.3, 0.4) is 0 Å². The van der Waals surface area contributed by atoms with Gasteiger partial charge < -0.3 is 5.32 Å². The molecule has 14 heavy (non-hydrogen) atoms. The van der Waals surface area contributed by atoms with Gasteiger partial charge >= 0.3 is 0 Å². The zero-order chi connectivity index (χ0) is 10.4. The first-order valence-electron chi connectivity index (χ1n) is 4.21. The van der Waals surface area contributed by atoms with Gasteiger partial charge in [-0.25, -0.2) is 5.84 Å². The van der Waals surface area contributed by atoms with E-state index in [0.717, 1.165) is 11.4 Å². The van der Waals surface area contributed by atoms with Crippen LogP contribution in [0.1, 0.15) is 11.4 Å². The second-order valence-electron chi connectivity index (χ2n) is 2.72. The summed E-state index contributed by atoms with van der Waals surface area (Å²) in [4.78, 5) is 12.1. The predicted octanol–water partition coefficient (Wildman–Crippen LogP) is -0.676. The van der Waals surface area contributed by atoms with Gasteiger partial charge in [-0.05, 0) is 6.92 Å². The van der Waals surface area contributed by atoms with Gasteiger partial charge in [-0.2, -0.15) is 0 Å². The Balaban J connectivity index is 2.49. The third kappa shape index (κ3) is 2.98. The highest BCUT2D eigenvalue weighted by molar-refractivity contribution is 5.78. The zero-order valence-electron chi connectivity index (χ0n) is 8.28. The quantitative estimate of drug-likeness (QED) is 0.251. The van der Waals surface area contributed by atoms with Crippen LogP contribution in [-0.2, 0) is 6.54 Å². The van der Waals surface area contributed by atoms with E-state index in [0.29, 0.717) is 12.5 Å². The minimum Gasteiger partial charge on any atom is -0.350 e. The van der Waals surface area contributed by atoms with Gasteiger partial charge in [-0.3, -0.25) is 20.4 Å². The molecule has 0 aromatic carbocycles. The van der Waals surface area contributed by atoms with Crippen LogP contribution in [0.5, 0.6) is 0 Å². The van der Waals surface area contributed by atoms with Crippen molar-refractivity contribution >= 4 is 5.96 Å². The number of hydrogen-bond acceptors (Lipinski definition) is 4. The lowest BCUT2D eigenvalue weighted by atomic mass is 10.4. The van der Waals surface area contributed by atoms with Crippen molar-refractivity contribution < 1.29 is 0 Å². The summed E-state index contributed by atoms with van der Waals surface area (Å²) in [7, 11) is 1.64. The third-order valence-corrected chi connectivity index (χ3v) is 1.63. The van der Waals surface area contributed by atoms with Crippen molar-refractivity contribution in [2.45, 2.75) is 13.5 Å². The lowest BCUT2D eigenvalue weighted by Crippen LogP contribution is -2.41. The molecule has 0 aliphatic heterocycles. The molecule has 76 valence electrons. The number of nitrogens with zero attached hydrogens (tertiary/aromatic N) is 3. The fourth-order valence-corrected chi connectivity index (χ4v) is 0.880. The number of nitrogens with one attached hydrogen (secondary N) is 2. The molecule has 0 aliphatic carbocycles. The summed E-state index contributed by atoms with van der Waals surface area (Å²) in [5.41, 5.74) is 4.16. The van der Waals surface area contributed by atoms with Crippen LogP contribution in [0.4, 0.5) is 0 Å². The molecule has 1 heterocycles. The molecule has 0 atom stereocenters. The van der Waals surface area contributed by atoms with Gasteiger partial charge in [0.25, 0.3) is 0 Å². The van der Waals surface area contributed by atoms with Crippen LogP contribution in [0.25, 0.3) is 0 Å². The summed E-state index contributed by atoms with van der Waals surface area (Å²) in [5, 5.41) is 2.97. The number of hydrazine groups is 1. The molecule has 0 radical (unpaired) electrons. The van der Waals surface area contributed by atoms with Crippen molar-refractivity contribution in [2.75, 3.05) is 7.05 Å². The van der Waals surface area contributed by atoms with Gasteiger partial charge in [0.2, 0.25) is 5.96 Å². The van der Waals surface area contributed by atoms with Crippen LogP contribution in [0.2, 0.25) is 0 Å². The van der Waals surface area contributed by atoms with Crippen LogP contribution in [0.15, 0.2) is 17.4 Å². The van der Waals surface area contributed by atoms with Crippen LogP contribution < -0.4 is 16.6 Å². The van der Waals surface area contributed by atoms with Crippen molar-refractivity contribution in [2.24, 2.45) is 10.8 Å². The van der Waals surface area contributed by atoms with Crippen molar-refractivity contribution in [3.05, 3.63) is 23.8 Å². The van der Waals surface area contributed by atoms with Crippen molar-refractivity contribution in [3.8, 4) is 0 Å². The molecule has 0 spiro atoms. The summed E-state index contributed by atoms with van der Waals surface area (Å²) < 4.78 is 0. The van der Waals surface area contributed by atoms with Crippen molar-refractivity contribution in [3.63, 3.8) is 0 Å². The Kier molecular flexibility index (Phi) is 3.81. The number of aliphatic imine (C=N–C) groups is 1. The molecule has 0 saturated heterocycles. The minimum absolute atomic E-state index is 0.521. The van der Waals surface area contributed by atoms with Crippen LogP contribution in [-0.4, -0.2) is 23.0 Å². The number of aromatic nitrogens is 2. The van der Waals surface area contributed by atoms with E-state index in [1.165, 1.54) is 0 Å². The second kappa shape index (κ2) is 5.13. The van der Waals surface area contributed by atoms with Crippen molar-refractivity contribution in [1.29, 1.82) is 0 Å². The maximum Gasteiger partial charge on any atom is 0.205 e. The maximum absolute atomic E-state index is 5.19. The molecule has 0 unspecified atom stereocenters. The lowest BCUT2D eigenvalue weighted by Gasteiger charge is -2.06. The molecule has 1 rings (SSSR count). The largest absolute Gasteiger partial charge is 0.350 e. The summed E-state index contributed by atoms with van der Waals surface area (Å²) >= 11 is 0. The summed E-state index contributed by atoms with van der Waals surface area (Å²) in [6.45, 7) is 2.44. The monoisotopic (exact) mass is 194 g/mol. The Morgan fingerprint density at radius 2 is 2.29 bits per heavy atom. The third-order valence-electron chi connectivity index (χ3n) is 1.63. The number of guanidine groups is 1. The lowest BCUT2D eigenvalue weighted by molar-refractivity contribution is 0.809. The van der Waals surface area contributed by atoms with Crippen LogP contribution in [0, 0.1) is 6.92 Å². The summed E-state index contributed by atoms with van der Waals surface area (Å²) in [5.74, 6) is 5.71. The minimum atomic E-state index is 0.521. The molecule has 1 aromatic rings. The smallest absolute Gasteiger partial charge is 0.205 e. The molecular weight excluding hydrogens is 180 g/mol. The second-order valence-corrected chi connectivity index (χ2v) is 2.72. The van der Waals surface area contributed by atoms with E-state index in [2.05, 4.69) is 25.7 Å². The van der Waals surface area contributed by atoms with Gasteiger partial charge in [-0.1, -0.05) is 0 Å². The zero-order valence-corrected chi connectivity index (χ0v) is 8.28. The molecule has 0 saturated carbocycles. The Morgan fingerprint density at radius 3 is 2.79 bits per heavy atom. The number of hydrogen-bond donors (Lipinski definition) is 3. The maximum atomic E-state index is 5.19. The summed E-state index contributed by atoms with van der Waals surface area (Å²) in [6, 6.07) is 0. The average Bonchev–Trinajstić information content (AvgIpc) is 2.22. The molecule has 6 heteroatoms. The van der Waals surface area contributed by atoms with E-state index in [-0.39, 0.29) is 0 Å². The molecule has 6 nitrogen and oxygen atoms in total. The Hall–Kier alpha value is -1.69. The molecule has 1 aromatic heterocycles. The average molecular weight is 194 g/mol. The van der Waals surface area contributed by atoms with E-state index < -0.39 is 0 Å². The first-order valence-corrected chi connectivity index (χ1v) is 4.21. The van der Waals surface area contributed by atoms with Gasteiger partial charge in [0, 0.05) is 13.2 Å². The van der Waals surface area contributed by atoms with Gasteiger partial charge in [0.15, 0.2) is 0 Å². The van der Waals surface area contributed by atoms with Gasteiger partial charge in [0.05, 0.1) is 24.1 Å². The highest BCUT2D eigenvalue weighted by Gasteiger charge is 1.96. The molecule has 0 fully saturated rings. The van der Waals surface area contributed by atoms with Gasteiger partial charge in [0.1, 0.15) is 0 Å². The number of nitrogens with two attached hydrogens (primary N) is 1. The first kappa shape index (κ1) is 10.4. The molecule has 0 aliphatic rings. The topological polar surface area (TPSA) is 88.2 Å². The van der Waals surface area contributed by atoms with E-state index in [1.807, 2.05) is 6.92 Å². The predicted molar refractivity (Wildman–Crippen MR) is 54.3 cm³/mol. The van der Waals surface area contributed by atoms with Gasteiger partial charge in [-0.15, -0.1) is 0 Å². The van der Waals surface area contributed by atoms with E-state index in [1.54, 1.807) is 19.4 Å². The fourth-order valence-electron chi connectivity index (χ4n) is 0.880. The molecule has 0 amide bonds. The SMILES string of the molecule is CN=C(NN)NCc1cnc(C)cn1. The molecular formula is C8H14N6. The fraction of sp³-hybridized carbons (Fsp3) is 0.375. The van der Waals surface area contributed by atoms with E-state index in [9.17, 15) is 0 Å². The van der Waals surface area contributed by atoms with E-state index >= 15 is 0 Å². The standard InChI is InChI=1S/C8H14N6/c1-6-3-12-7(4-11-6)5-13-8(10-2)14-9/h3-4H,5,9H2,1-2H3,(H2,10,13,14). The Morgan fingerprint density at radius 1 is 1.50 bits per heavy atom. The molecule has 0 bridgehead atoms. The number of rotatable bonds is 2. The first-order chi connectivity index (χ1) is 6.76. The number of aryl methyl sites for hydroxylation is 1. The van der Waals surface area contributed by atoms with Crippen LogP contribution >= 0.6 is 0 Å². The Bertz CT molecular complexity index is 304. The van der Waals surface area contributed by atoms with E-state index in [4.69, 9.17) is 5.84 Å². The Labute approximate surface area is 82.6 Å². The normalized spacial score (nSPS) is 11.2. The molecule has 4 N–H and O–H groups in total.